The number of nitrogens with one attached hydrogen (secondary N) is 1. The molecule has 2 rings (SSSR count). The van der Waals surface area contributed by atoms with Crippen LogP contribution in [-0.2, 0) is 0 Å². The van der Waals surface area contributed by atoms with Crippen LogP contribution in [0, 0.1) is 13.8 Å². The van der Waals surface area contributed by atoms with E-state index >= 15 is 0 Å². The van der Waals surface area contributed by atoms with Crippen LogP contribution in [0.25, 0.3) is 0 Å². The van der Waals surface area contributed by atoms with Gasteiger partial charge in [-0.2, -0.15) is 0 Å². The molecule has 0 amide bonds. The summed E-state index contributed by atoms with van der Waals surface area (Å²) in [4.78, 5) is 2.59. The summed E-state index contributed by atoms with van der Waals surface area (Å²) in [6.45, 7) is 11.4. The molecule has 106 valence electrons. The molecule has 1 saturated heterocycles. The molecule has 1 N–H and O–H groups in total. The number of nitrogens with zero attached hydrogens (tertiary/aromatic N) is 1. The number of anilines is 1. The standard InChI is InChI=1S/C17H28N2/c1-5-10-18-16-9-11-19(14(3)12-16)17-8-6-7-13(2)15(17)4/h6-8,14,16,18H,5,9-12H2,1-4H3. The SMILES string of the molecule is CCCNC1CCN(c2cccc(C)c2C)C(C)C1. The normalized spacial score (nSPS) is 23.7. The topological polar surface area (TPSA) is 15.3 Å². The van der Waals surface area contributed by atoms with E-state index in [-0.39, 0.29) is 0 Å². The van der Waals surface area contributed by atoms with E-state index in [9.17, 15) is 0 Å². The van der Waals surface area contributed by atoms with Crippen molar-refractivity contribution in [1.29, 1.82) is 0 Å². The van der Waals surface area contributed by atoms with Gasteiger partial charge in [0.1, 0.15) is 0 Å². The first-order valence-electron chi connectivity index (χ1n) is 7.69. The van der Waals surface area contributed by atoms with Crippen LogP contribution in [0.2, 0.25) is 0 Å². The van der Waals surface area contributed by atoms with Crippen LogP contribution in [0.4, 0.5) is 5.69 Å². The maximum Gasteiger partial charge on any atom is 0.0401 e. The second kappa shape index (κ2) is 6.42. The third-order valence-electron chi connectivity index (χ3n) is 4.44. The lowest BCUT2D eigenvalue weighted by Gasteiger charge is -2.40. The van der Waals surface area contributed by atoms with Crippen molar-refractivity contribution in [1.82, 2.24) is 5.32 Å². The fourth-order valence-corrected chi connectivity index (χ4v) is 3.11. The quantitative estimate of drug-likeness (QED) is 0.889. The number of piperidine rings is 1. The number of benzene rings is 1. The molecule has 0 spiro atoms. The van der Waals surface area contributed by atoms with Crippen molar-refractivity contribution < 1.29 is 0 Å². The number of rotatable bonds is 4. The summed E-state index contributed by atoms with van der Waals surface area (Å²) in [6, 6.07) is 8.00. The van der Waals surface area contributed by atoms with E-state index in [4.69, 9.17) is 0 Å². The fourth-order valence-electron chi connectivity index (χ4n) is 3.11. The lowest BCUT2D eigenvalue weighted by Crippen LogP contribution is -2.48. The molecular formula is C17H28N2. The lowest BCUT2D eigenvalue weighted by molar-refractivity contribution is 0.368. The highest BCUT2D eigenvalue weighted by Gasteiger charge is 2.25. The number of hydrogen-bond acceptors (Lipinski definition) is 2. The number of hydrogen-bond donors (Lipinski definition) is 1. The van der Waals surface area contributed by atoms with E-state index in [0.29, 0.717) is 12.1 Å². The van der Waals surface area contributed by atoms with Crippen LogP contribution in [-0.4, -0.2) is 25.2 Å². The Bertz CT molecular complexity index is 414. The summed E-state index contributed by atoms with van der Waals surface area (Å²) >= 11 is 0. The van der Waals surface area contributed by atoms with Gasteiger partial charge in [-0.25, -0.2) is 0 Å². The highest BCUT2D eigenvalue weighted by atomic mass is 15.2. The maximum absolute atomic E-state index is 3.67. The van der Waals surface area contributed by atoms with Crippen LogP contribution < -0.4 is 10.2 Å². The molecule has 1 aliphatic heterocycles. The van der Waals surface area contributed by atoms with Gasteiger partial charge in [-0.3, -0.25) is 0 Å². The molecule has 0 aromatic heterocycles. The first-order valence-corrected chi connectivity index (χ1v) is 7.69. The molecule has 0 saturated carbocycles. The first-order chi connectivity index (χ1) is 9.13. The van der Waals surface area contributed by atoms with Crippen molar-refractivity contribution >= 4 is 5.69 Å². The Hall–Kier alpha value is -1.02. The Kier molecular flexibility index (Phi) is 4.87. The second-order valence-corrected chi connectivity index (χ2v) is 5.94. The molecule has 1 aromatic carbocycles. The zero-order valence-electron chi connectivity index (χ0n) is 12.9. The Morgan fingerprint density at radius 3 is 2.79 bits per heavy atom. The highest BCUT2D eigenvalue weighted by molar-refractivity contribution is 5.56. The van der Waals surface area contributed by atoms with Gasteiger partial charge in [0, 0.05) is 24.3 Å². The van der Waals surface area contributed by atoms with E-state index < -0.39 is 0 Å². The Morgan fingerprint density at radius 2 is 2.11 bits per heavy atom. The minimum Gasteiger partial charge on any atom is -0.368 e. The Balaban J connectivity index is 2.05. The van der Waals surface area contributed by atoms with Crippen molar-refractivity contribution in [2.45, 2.75) is 59.0 Å². The summed E-state index contributed by atoms with van der Waals surface area (Å²) in [5, 5.41) is 3.67. The Morgan fingerprint density at radius 1 is 1.32 bits per heavy atom. The average molecular weight is 260 g/mol. The van der Waals surface area contributed by atoms with E-state index in [1.807, 2.05) is 0 Å². The smallest absolute Gasteiger partial charge is 0.0401 e. The van der Waals surface area contributed by atoms with Gasteiger partial charge in [-0.15, -0.1) is 0 Å². The predicted molar refractivity (Wildman–Crippen MR) is 84.0 cm³/mol. The average Bonchev–Trinajstić information content (AvgIpc) is 2.40. The molecule has 1 heterocycles. The molecule has 1 aliphatic rings. The summed E-state index contributed by atoms with van der Waals surface area (Å²) in [6.07, 6.45) is 3.75. The molecule has 1 aromatic rings. The summed E-state index contributed by atoms with van der Waals surface area (Å²) in [5.41, 5.74) is 4.27. The van der Waals surface area contributed by atoms with Gasteiger partial charge in [-0.05, 0) is 63.8 Å². The van der Waals surface area contributed by atoms with Gasteiger partial charge >= 0.3 is 0 Å². The van der Waals surface area contributed by atoms with Gasteiger partial charge in [0.2, 0.25) is 0 Å². The Labute approximate surface area is 118 Å². The largest absolute Gasteiger partial charge is 0.368 e. The predicted octanol–water partition coefficient (Wildman–Crippen LogP) is 3.66. The van der Waals surface area contributed by atoms with Gasteiger partial charge in [0.05, 0.1) is 0 Å². The van der Waals surface area contributed by atoms with Crippen LogP contribution in [0.5, 0.6) is 0 Å². The highest BCUT2D eigenvalue weighted by Crippen LogP contribution is 2.29. The summed E-state index contributed by atoms with van der Waals surface area (Å²) in [7, 11) is 0. The summed E-state index contributed by atoms with van der Waals surface area (Å²) in [5.74, 6) is 0. The van der Waals surface area contributed by atoms with E-state index in [1.54, 1.807) is 0 Å². The molecule has 2 atom stereocenters. The molecule has 1 fully saturated rings. The van der Waals surface area contributed by atoms with Crippen molar-refractivity contribution in [3.63, 3.8) is 0 Å². The third kappa shape index (κ3) is 3.30. The van der Waals surface area contributed by atoms with Crippen molar-refractivity contribution in [3.8, 4) is 0 Å². The van der Waals surface area contributed by atoms with Crippen molar-refractivity contribution in [2.24, 2.45) is 0 Å². The molecular weight excluding hydrogens is 232 g/mol. The number of aryl methyl sites for hydroxylation is 1. The van der Waals surface area contributed by atoms with E-state index in [1.165, 1.54) is 42.6 Å². The molecule has 0 aliphatic carbocycles. The van der Waals surface area contributed by atoms with Gasteiger partial charge in [0.15, 0.2) is 0 Å². The van der Waals surface area contributed by atoms with E-state index in [2.05, 4.69) is 56.1 Å². The van der Waals surface area contributed by atoms with Crippen LogP contribution in [0.1, 0.15) is 44.2 Å². The van der Waals surface area contributed by atoms with Crippen LogP contribution in [0.15, 0.2) is 18.2 Å². The lowest BCUT2D eigenvalue weighted by atomic mass is 9.96. The maximum atomic E-state index is 3.67. The monoisotopic (exact) mass is 260 g/mol. The zero-order valence-corrected chi connectivity index (χ0v) is 12.9. The third-order valence-corrected chi connectivity index (χ3v) is 4.44. The second-order valence-electron chi connectivity index (χ2n) is 5.94. The van der Waals surface area contributed by atoms with E-state index in [0.717, 1.165) is 6.54 Å². The molecule has 2 heteroatoms. The van der Waals surface area contributed by atoms with Crippen molar-refractivity contribution in [3.05, 3.63) is 29.3 Å². The molecule has 0 radical (unpaired) electrons. The van der Waals surface area contributed by atoms with Crippen LogP contribution >= 0.6 is 0 Å². The first kappa shape index (κ1) is 14.4. The molecule has 2 nitrogen and oxygen atoms in total. The molecule has 0 bridgehead atoms. The fraction of sp³-hybridized carbons (Fsp3) is 0.647. The van der Waals surface area contributed by atoms with Gasteiger partial charge in [0.25, 0.3) is 0 Å². The molecule has 2 unspecified atom stereocenters. The zero-order chi connectivity index (χ0) is 13.8. The summed E-state index contributed by atoms with van der Waals surface area (Å²) < 4.78 is 0. The minimum absolute atomic E-state index is 0.628. The van der Waals surface area contributed by atoms with Gasteiger partial charge in [-0.1, -0.05) is 19.1 Å². The van der Waals surface area contributed by atoms with Crippen LogP contribution in [0.3, 0.4) is 0 Å². The molecule has 19 heavy (non-hydrogen) atoms. The van der Waals surface area contributed by atoms with Crippen molar-refractivity contribution in [2.75, 3.05) is 18.0 Å². The minimum atomic E-state index is 0.628. The van der Waals surface area contributed by atoms with Gasteiger partial charge < -0.3 is 10.2 Å².